The number of hydrogen-bond donors (Lipinski definition) is 3. The maximum atomic E-state index is 12.4. The fourth-order valence-corrected chi connectivity index (χ4v) is 2.34. The molecule has 110 valence electrons. The molecule has 1 amide bonds. The highest BCUT2D eigenvalue weighted by molar-refractivity contribution is 6.00. The summed E-state index contributed by atoms with van der Waals surface area (Å²) in [5.41, 5.74) is 7.56. The molecule has 0 unspecified atom stereocenters. The highest BCUT2D eigenvalue weighted by Crippen LogP contribution is 2.17. The Morgan fingerprint density at radius 1 is 1.25 bits per heavy atom. The minimum atomic E-state index is -0.816. The van der Waals surface area contributed by atoms with Gasteiger partial charge in [-0.05, 0) is 38.8 Å². The van der Waals surface area contributed by atoms with E-state index in [9.17, 15) is 4.79 Å². The normalized spacial score (nSPS) is 12.3. The second kappa shape index (κ2) is 6.41. The molecule has 0 aliphatic rings. The lowest BCUT2D eigenvalue weighted by atomic mass is 9.90. The molecule has 0 saturated carbocycles. The first-order chi connectivity index (χ1) is 9.38. The van der Waals surface area contributed by atoms with E-state index in [1.165, 1.54) is 0 Å². The lowest BCUT2D eigenvalue weighted by molar-refractivity contribution is 0.0917. The van der Waals surface area contributed by atoms with Crippen molar-refractivity contribution < 1.29 is 10.0 Å². The Morgan fingerprint density at radius 3 is 2.15 bits per heavy atom. The van der Waals surface area contributed by atoms with E-state index in [0.29, 0.717) is 18.4 Å². The van der Waals surface area contributed by atoms with Crippen molar-refractivity contribution in [2.75, 3.05) is 0 Å². The lowest BCUT2D eigenvalue weighted by Gasteiger charge is -2.31. The van der Waals surface area contributed by atoms with E-state index >= 15 is 0 Å². The monoisotopic (exact) mass is 277 g/mol. The van der Waals surface area contributed by atoms with E-state index in [0.717, 1.165) is 11.1 Å². The molecular weight excluding hydrogens is 254 g/mol. The number of carbonyl (C=O) groups excluding carboxylic acids is 1. The van der Waals surface area contributed by atoms with E-state index in [4.69, 9.17) is 10.9 Å². The van der Waals surface area contributed by atoms with Gasteiger partial charge < -0.3 is 16.3 Å². The number of nitrogens with one attached hydrogen (secondary N) is 1. The van der Waals surface area contributed by atoms with Gasteiger partial charge >= 0.3 is 0 Å². The number of hydrogen-bond acceptors (Lipinski definition) is 3. The molecule has 1 aromatic carbocycles. The van der Waals surface area contributed by atoms with Gasteiger partial charge in [-0.1, -0.05) is 36.2 Å². The number of carbonyl (C=O) groups is 1. The molecule has 0 aliphatic carbocycles. The summed E-state index contributed by atoms with van der Waals surface area (Å²) in [6.07, 6.45) is 1.10. The van der Waals surface area contributed by atoms with Crippen LogP contribution in [0.2, 0.25) is 0 Å². The molecule has 0 bridgehead atoms. The molecule has 1 rings (SSSR count). The highest BCUT2D eigenvalue weighted by Gasteiger charge is 2.33. The second-order valence-electron chi connectivity index (χ2n) is 5.10. The molecule has 0 saturated heterocycles. The van der Waals surface area contributed by atoms with E-state index in [1.54, 1.807) is 0 Å². The number of benzene rings is 1. The first kappa shape index (κ1) is 16.0. The topological polar surface area (TPSA) is 87.7 Å². The first-order valence-electron chi connectivity index (χ1n) is 6.77. The van der Waals surface area contributed by atoms with Gasteiger partial charge in [0.05, 0.1) is 0 Å². The van der Waals surface area contributed by atoms with Crippen molar-refractivity contribution in [3.63, 3.8) is 0 Å². The van der Waals surface area contributed by atoms with E-state index in [1.807, 2.05) is 45.9 Å². The summed E-state index contributed by atoms with van der Waals surface area (Å²) in [4.78, 5) is 12.4. The summed E-state index contributed by atoms with van der Waals surface area (Å²) < 4.78 is 0. The Balaban J connectivity index is 3.08. The molecule has 5 nitrogen and oxygen atoms in total. The summed E-state index contributed by atoms with van der Waals surface area (Å²) in [6, 6.07) is 5.66. The molecule has 1 aromatic rings. The number of oxime groups is 1. The predicted molar refractivity (Wildman–Crippen MR) is 80.1 cm³/mol. The van der Waals surface area contributed by atoms with Crippen LogP contribution in [0.25, 0.3) is 0 Å². The van der Waals surface area contributed by atoms with Gasteiger partial charge in [0.1, 0.15) is 5.54 Å². The van der Waals surface area contributed by atoms with Crippen LogP contribution in [0.5, 0.6) is 0 Å². The number of nitrogens with zero attached hydrogens (tertiary/aromatic N) is 1. The Labute approximate surface area is 119 Å². The van der Waals surface area contributed by atoms with Crippen LogP contribution < -0.4 is 11.1 Å². The van der Waals surface area contributed by atoms with Crippen molar-refractivity contribution in [1.82, 2.24) is 5.32 Å². The minimum Gasteiger partial charge on any atom is -0.409 e. The smallest absolute Gasteiger partial charge is 0.252 e. The number of rotatable bonds is 5. The van der Waals surface area contributed by atoms with Crippen LogP contribution in [0.3, 0.4) is 0 Å². The molecule has 0 spiro atoms. The van der Waals surface area contributed by atoms with Gasteiger partial charge in [-0.3, -0.25) is 4.79 Å². The number of aryl methyl sites for hydroxylation is 2. The van der Waals surface area contributed by atoms with Crippen molar-refractivity contribution >= 4 is 11.7 Å². The molecule has 0 aromatic heterocycles. The van der Waals surface area contributed by atoms with Gasteiger partial charge in [0, 0.05) is 5.56 Å². The van der Waals surface area contributed by atoms with Crippen molar-refractivity contribution in [3.05, 3.63) is 34.9 Å². The zero-order valence-corrected chi connectivity index (χ0v) is 12.5. The number of nitrogens with two attached hydrogens (primary N) is 1. The molecule has 0 heterocycles. The fraction of sp³-hybridized carbons (Fsp3) is 0.467. The minimum absolute atomic E-state index is 0.0280. The van der Waals surface area contributed by atoms with Crippen molar-refractivity contribution in [3.8, 4) is 0 Å². The third-order valence-corrected chi connectivity index (χ3v) is 3.64. The second-order valence-corrected chi connectivity index (χ2v) is 5.10. The standard InChI is InChI=1S/C15H23N3O2/c1-5-15(6-2,14(16)18-20)17-13(19)12-8-10(3)7-11(4)9-12/h7-9,20H,5-6H2,1-4H3,(H2,16,18)(H,17,19). The average Bonchev–Trinajstić information content (AvgIpc) is 2.42. The van der Waals surface area contributed by atoms with Crippen molar-refractivity contribution in [2.45, 2.75) is 46.1 Å². The van der Waals surface area contributed by atoms with Crippen molar-refractivity contribution in [2.24, 2.45) is 10.9 Å². The number of amides is 1. The Morgan fingerprint density at radius 2 is 1.75 bits per heavy atom. The largest absolute Gasteiger partial charge is 0.409 e. The maximum Gasteiger partial charge on any atom is 0.252 e. The Bertz CT molecular complexity index is 500. The van der Waals surface area contributed by atoms with E-state index < -0.39 is 5.54 Å². The van der Waals surface area contributed by atoms with Gasteiger partial charge in [-0.25, -0.2) is 0 Å². The molecule has 0 radical (unpaired) electrons. The van der Waals surface area contributed by atoms with Crippen LogP contribution in [-0.2, 0) is 0 Å². The summed E-state index contributed by atoms with van der Waals surface area (Å²) >= 11 is 0. The molecule has 4 N–H and O–H groups in total. The van der Waals surface area contributed by atoms with Gasteiger partial charge in [-0.15, -0.1) is 0 Å². The maximum absolute atomic E-state index is 12.4. The van der Waals surface area contributed by atoms with Gasteiger partial charge in [0.15, 0.2) is 5.84 Å². The summed E-state index contributed by atoms with van der Waals surface area (Å²) in [5.74, 6) is -0.188. The van der Waals surface area contributed by atoms with Gasteiger partial charge in [0.25, 0.3) is 5.91 Å². The average molecular weight is 277 g/mol. The molecule has 20 heavy (non-hydrogen) atoms. The van der Waals surface area contributed by atoms with Crippen LogP contribution >= 0.6 is 0 Å². The lowest BCUT2D eigenvalue weighted by Crippen LogP contribution is -2.56. The summed E-state index contributed by atoms with van der Waals surface area (Å²) in [5, 5.41) is 14.9. The van der Waals surface area contributed by atoms with Gasteiger partial charge in [-0.2, -0.15) is 0 Å². The Hall–Kier alpha value is -2.04. The van der Waals surface area contributed by atoms with Crippen LogP contribution in [0, 0.1) is 13.8 Å². The first-order valence-corrected chi connectivity index (χ1v) is 6.77. The van der Waals surface area contributed by atoms with Crippen LogP contribution in [0.1, 0.15) is 48.2 Å². The predicted octanol–water partition coefficient (Wildman–Crippen LogP) is 2.34. The quantitative estimate of drug-likeness (QED) is 0.334. The summed E-state index contributed by atoms with van der Waals surface area (Å²) in [7, 11) is 0. The molecule has 0 atom stereocenters. The Kier molecular flexibility index (Phi) is 5.13. The van der Waals surface area contributed by atoms with E-state index in [-0.39, 0.29) is 11.7 Å². The van der Waals surface area contributed by atoms with Crippen LogP contribution in [-0.4, -0.2) is 22.5 Å². The van der Waals surface area contributed by atoms with Crippen LogP contribution in [0.15, 0.2) is 23.4 Å². The number of amidine groups is 1. The fourth-order valence-electron chi connectivity index (χ4n) is 2.34. The third kappa shape index (κ3) is 3.29. The van der Waals surface area contributed by atoms with E-state index in [2.05, 4.69) is 10.5 Å². The zero-order chi connectivity index (χ0) is 15.3. The summed E-state index contributed by atoms with van der Waals surface area (Å²) in [6.45, 7) is 7.67. The molecular formula is C15H23N3O2. The third-order valence-electron chi connectivity index (χ3n) is 3.64. The van der Waals surface area contributed by atoms with Gasteiger partial charge in [0.2, 0.25) is 0 Å². The zero-order valence-electron chi connectivity index (χ0n) is 12.5. The molecule has 0 fully saturated rings. The van der Waals surface area contributed by atoms with Crippen LogP contribution in [0.4, 0.5) is 0 Å². The molecule has 0 aliphatic heterocycles. The molecule has 5 heteroatoms. The SMILES string of the molecule is CCC(CC)(NC(=O)c1cc(C)cc(C)c1)/C(N)=N/O. The highest BCUT2D eigenvalue weighted by atomic mass is 16.4. The van der Waals surface area contributed by atoms with Crippen molar-refractivity contribution in [1.29, 1.82) is 0 Å².